The van der Waals surface area contributed by atoms with Crippen molar-refractivity contribution in [2.45, 2.75) is 20.3 Å². The van der Waals surface area contributed by atoms with Gasteiger partial charge in [0, 0.05) is 36.1 Å². The number of carbonyl (C=O) groups excluding carboxylic acids is 1. The Morgan fingerprint density at radius 3 is 2.37 bits per heavy atom. The summed E-state index contributed by atoms with van der Waals surface area (Å²) in [4.78, 5) is 36.5. The highest BCUT2D eigenvalue weighted by Gasteiger charge is 2.23. The van der Waals surface area contributed by atoms with E-state index in [2.05, 4.69) is 39.3 Å². The Hall–Kier alpha value is -4.38. The molecule has 0 saturated carbocycles. The fourth-order valence-corrected chi connectivity index (χ4v) is 3.81. The molecule has 0 bridgehead atoms. The first-order chi connectivity index (χ1) is 18.4. The molecule has 3 rings (SSSR count). The summed E-state index contributed by atoms with van der Waals surface area (Å²) in [5, 5.41) is 15.9. The van der Waals surface area contributed by atoms with E-state index in [4.69, 9.17) is 9.47 Å². The van der Waals surface area contributed by atoms with Crippen LogP contribution in [0.4, 0.5) is 27.9 Å². The fraction of sp³-hybridized carbons (Fsp3) is 0.333. The van der Waals surface area contributed by atoms with Crippen molar-refractivity contribution in [1.29, 1.82) is 0 Å². The van der Waals surface area contributed by atoms with Gasteiger partial charge in [-0.2, -0.15) is 4.98 Å². The Balaban J connectivity index is 1.69. The molecule has 0 saturated heterocycles. The van der Waals surface area contributed by atoms with Gasteiger partial charge in [0.1, 0.15) is 17.3 Å². The average molecular weight is 523 g/mol. The molecule has 202 valence electrons. The van der Waals surface area contributed by atoms with Gasteiger partial charge in [-0.15, -0.1) is 0 Å². The zero-order valence-electron chi connectivity index (χ0n) is 22.1. The van der Waals surface area contributed by atoms with Crippen LogP contribution in [0, 0.1) is 0 Å². The van der Waals surface area contributed by atoms with Crippen molar-refractivity contribution in [2.75, 3.05) is 50.6 Å². The van der Waals surface area contributed by atoms with Crippen molar-refractivity contribution < 1.29 is 24.2 Å². The second-order valence-corrected chi connectivity index (χ2v) is 8.23. The van der Waals surface area contributed by atoms with Crippen LogP contribution in [0.25, 0.3) is 0 Å². The molecule has 0 atom stereocenters. The normalized spacial score (nSPS) is 10.7. The highest BCUT2D eigenvalue weighted by Crippen LogP contribution is 2.36. The summed E-state index contributed by atoms with van der Waals surface area (Å²) in [7, 11) is 2.96. The van der Waals surface area contributed by atoms with Crippen molar-refractivity contribution in [1.82, 2.24) is 20.2 Å². The Labute approximate surface area is 222 Å². The minimum absolute atomic E-state index is 0.124. The number of amides is 2. The van der Waals surface area contributed by atoms with E-state index >= 15 is 0 Å². The molecule has 1 heterocycles. The van der Waals surface area contributed by atoms with Crippen molar-refractivity contribution >= 4 is 35.1 Å². The van der Waals surface area contributed by atoms with Gasteiger partial charge in [0.05, 0.1) is 19.9 Å². The first-order valence-corrected chi connectivity index (χ1v) is 12.4. The molecule has 2 amide bonds. The number of ether oxygens (including phenoxy) is 2. The average Bonchev–Trinajstić information content (AvgIpc) is 2.93. The molecule has 11 heteroatoms. The molecule has 38 heavy (non-hydrogen) atoms. The Morgan fingerprint density at radius 1 is 1.00 bits per heavy atom. The van der Waals surface area contributed by atoms with E-state index in [0.717, 1.165) is 31.0 Å². The van der Waals surface area contributed by atoms with E-state index in [1.54, 1.807) is 42.5 Å². The largest absolute Gasteiger partial charge is 0.497 e. The number of hydrogen-bond donors (Lipinski definition) is 3. The van der Waals surface area contributed by atoms with Crippen molar-refractivity contribution in [2.24, 2.45) is 0 Å². The number of nitrogens with one attached hydrogen (secondary N) is 2. The van der Waals surface area contributed by atoms with E-state index in [-0.39, 0.29) is 23.4 Å². The maximum Gasteiger partial charge on any atom is 0.417 e. The predicted molar refractivity (Wildman–Crippen MR) is 146 cm³/mol. The lowest BCUT2D eigenvalue weighted by Crippen LogP contribution is -2.29. The number of nitrogens with zero attached hydrogens (tertiary/aromatic N) is 4. The Kier molecular flexibility index (Phi) is 10.2. The number of carbonyl (C=O) groups is 2. The van der Waals surface area contributed by atoms with Crippen LogP contribution in [0.2, 0.25) is 0 Å². The monoisotopic (exact) mass is 522 g/mol. The first kappa shape index (κ1) is 28.2. The third-order valence-corrected chi connectivity index (χ3v) is 5.92. The minimum atomic E-state index is -1.24. The second-order valence-electron chi connectivity index (χ2n) is 8.23. The van der Waals surface area contributed by atoms with Gasteiger partial charge in [-0.25, -0.2) is 14.7 Å². The van der Waals surface area contributed by atoms with E-state index in [0.29, 0.717) is 29.3 Å². The van der Waals surface area contributed by atoms with Gasteiger partial charge in [-0.3, -0.25) is 4.79 Å². The van der Waals surface area contributed by atoms with E-state index in [1.165, 1.54) is 26.5 Å². The molecule has 3 aromatic rings. The topological polar surface area (TPSA) is 129 Å². The number of benzene rings is 2. The summed E-state index contributed by atoms with van der Waals surface area (Å²) >= 11 is 0. The third kappa shape index (κ3) is 7.32. The smallest absolute Gasteiger partial charge is 0.417 e. The van der Waals surface area contributed by atoms with Crippen LogP contribution in [0.5, 0.6) is 11.5 Å². The van der Waals surface area contributed by atoms with Crippen LogP contribution in [0.15, 0.2) is 54.7 Å². The molecule has 0 fully saturated rings. The first-order valence-electron chi connectivity index (χ1n) is 12.4. The van der Waals surface area contributed by atoms with Crippen LogP contribution >= 0.6 is 0 Å². The Morgan fingerprint density at radius 2 is 1.74 bits per heavy atom. The number of anilines is 4. The predicted octanol–water partition coefficient (Wildman–Crippen LogP) is 4.52. The highest BCUT2D eigenvalue weighted by atomic mass is 16.5. The SMILES string of the molecule is CCN(CC)CCCNC(=O)c1ccc(Nc2nccc(N(C(=O)O)c3ccc(OC)cc3OC)n2)cc1. The van der Waals surface area contributed by atoms with Crippen LogP contribution in [-0.2, 0) is 0 Å². The van der Waals surface area contributed by atoms with Gasteiger partial charge in [0.15, 0.2) is 0 Å². The van der Waals surface area contributed by atoms with Crippen molar-refractivity contribution in [3.05, 3.63) is 60.3 Å². The van der Waals surface area contributed by atoms with Gasteiger partial charge in [-0.05, 0) is 62.5 Å². The number of methoxy groups -OCH3 is 2. The summed E-state index contributed by atoms with van der Waals surface area (Å²) in [6.45, 7) is 7.79. The number of rotatable bonds is 13. The Bertz CT molecular complexity index is 1220. The number of hydrogen-bond acceptors (Lipinski definition) is 8. The van der Waals surface area contributed by atoms with Crippen LogP contribution < -0.4 is 25.0 Å². The van der Waals surface area contributed by atoms with Gasteiger partial charge < -0.3 is 30.1 Å². The third-order valence-electron chi connectivity index (χ3n) is 5.92. The molecule has 0 aliphatic heterocycles. The van der Waals surface area contributed by atoms with Crippen LogP contribution in [-0.4, -0.2) is 72.4 Å². The van der Waals surface area contributed by atoms with Gasteiger partial charge in [0.2, 0.25) is 5.95 Å². The summed E-state index contributed by atoms with van der Waals surface area (Å²) in [5.41, 5.74) is 1.46. The molecule has 11 nitrogen and oxygen atoms in total. The molecule has 1 aromatic heterocycles. The lowest BCUT2D eigenvalue weighted by atomic mass is 10.2. The molecule has 0 aliphatic rings. The van der Waals surface area contributed by atoms with Gasteiger partial charge in [0.25, 0.3) is 5.91 Å². The summed E-state index contributed by atoms with van der Waals surface area (Å²) in [5.74, 6) is 1.01. The summed E-state index contributed by atoms with van der Waals surface area (Å²) in [6, 6.07) is 13.2. The summed E-state index contributed by atoms with van der Waals surface area (Å²) < 4.78 is 10.6. The maximum absolute atomic E-state index is 12.5. The van der Waals surface area contributed by atoms with Gasteiger partial charge >= 0.3 is 6.09 Å². The quantitative estimate of drug-likeness (QED) is 0.278. The second kappa shape index (κ2) is 13.8. The molecule has 3 N–H and O–H groups in total. The number of aromatic nitrogens is 2. The molecule has 2 aromatic carbocycles. The zero-order chi connectivity index (χ0) is 27.5. The van der Waals surface area contributed by atoms with E-state index in [9.17, 15) is 14.7 Å². The molecule has 0 aliphatic carbocycles. The lowest BCUT2D eigenvalue weighted by molar-refractivity contribution is 0.0951. The van der Waals surface area contributed by atoms with Crippen LogP contribution in [0.1, 0.15) is 30.6 Å². The number of carboxylic acid groups (broad SMARTS) is 1. The molecule has 0 unspecified atom stereocenters. The maximum atomic E-state index is 12.5. The van der Waals surface area contributed by atoms with E-state index in [1.807, 2.05) is 0 Å². The molecular formula is C27H34N6O5. The van der Waals surface area contributed by atoms with E-state index < -0.39 is 6.09 Å². The van der Waals surface area contributed by atoms with Crippen molar-refractivity contribution in [3.63, 3.8) is 0 Å². The fourth-order valence-electron chi connectivity index (χ4n) is 3.81. The zero-order valence-corrected chi connectivity index (χ0v) is 22.1. The minimum Gasteiger partial charge on any atom is -0.497 e. The standard InChI is InChI=1S/C27H34N6O5/c1-5-32(6-2)17-7-15-28-25(34)19-8-10-20(11-9-19)30-26-29-16-14-24(31-26)33(27(35)36)22-13-12-21(37-3)18-23(22)38-4/h8-14,16,18H,5-7,15,17H2,1-4H3,(H,28,34)(H,35,36)(H,29,30,31). The highest BCUT2D eigenvalue weighted by molar-refractivity contribution is 5.96. The lowest BCUT2D eigenvalue weighted by Gasteiger charge is -2.21. The van der Waals surface area contributed by atoms with Crippen molar-refractivity contribution in [3.8, 4) is 11.5 Å². The van der Waals surface area contributed by atoms with Gasteiger partial charge in [-0.1, -0.05) is 13.8 Å². The molecule has 0 spiro atoms. The molecular weight excluding hydrogens is 488 g/mol. The molecule has 0 radical (unpaired) electrons. The summed E-state index contributed by atoms with van der Waals surface area (Å²) in [6.07, 6.45) is 1.10. The van der Waals surface area contributed by atoms with Crippen LogP contribution in [0.3, 0.4) is 0 Å².